The zero-order valence-electron chi connectivity index (χ0n) is 17.6. The number of hydrogen-bond acceptors (Lipinski definition) is 7. The van der Waals surface area contributed by atoms with Crippen LogP contribution in [0.1, 0.15) is 13.8 Å². The summed E-state index contributed by atoms with van der Waals surface area (Å²) in [6, 6.07) is 6.44. The van der Waals surface area contributed by atoms with Crippen molar-refractivity contribution in [2.45, 2.75) is 19.4 Å². The molecule has 0 aliphatic carbocycles. The lowest BCUT2D eigenvalue weighted by atomic mass is 10.0. The van der Waals surface area contributed by atoms with E-state index in [2.05, 4.69) is 29.0 Å². The Hall–Kier alpha value is -2.45. The lowest BCUT2D eigenvalue weighted by molar-refractivity contribution is -0.00569. The molecule has 2 fully saturated rings. The van der Waals surface area contributed by atoms with E-state index in [4.69, 9.17) is 4.74 Å². The Morgan fingerprint density at radius 2 is 1.53 bits per heavy atom. The summed E-state index contributed by atoms with van der Waals surface area (Å²) in [5, 5.41) is 3.26. The van der Waals surface area contributed by atoms with Crippen LogP contribution in [0.4, 0.5) is 21.5 Å². The van der Waals surface area contributed by atoms with Crippen molar-refractivity contribution >= 4 is 17.1 Å². The molecule has 0 amide bonds. The van der Waals surface area contributed by atoms with E-state index >= 15 is 0 Å². The molecular formula is C22H29FN4O3. The summed E-state index contributed by atoms with van der Waals surface area (Å²) in [7, 11) is 0. The highest BCUT2D eigenvalue weighted by atomic mass is 19.1. The van der Waals surface area contributed by atoms with E-state index in [0.29, 0.717) is 57.3 Å². The van der Waals surface area contributed by atoms with Crippen LogP contribution in [-0.4, -0.2) is 69.5 Å². The monoisotopic (exact) mass is 416 g/mol. The fourth-order valence-electron chi connectivity index (χ4n) is 4.27. The van der Waals surface area contributed by atoms with E-state index in [1.165, 1.54) is 12.1 Å². The molecule has 0 aromatic heterocycles. The molecule has 7 nitrogen and oxygen atoms in total. The average molecular weight is 416 g/mol. The molecule has 30 heavy (non-hydrogen) atoms. The molecule has 2 aliphatic heterocycles. The largest absolute Gasteiger partial charge is 0.379 e. The van der Waals surface area contributed by atoms with Gasteiger partial charge in [-0.15, -0.1) is 0 Å². The molecule has 0 saturated carbocycles. The zero-order chi connectivity index (χ0) is 21.3. The molecule has 0 spiro atoms. The predicted octanol–water partition coefficient (Wildman–Crippen LogP) is 1.27. The van der Waals surface area contributed by atoms with Crippen LogP contribution in [0.5, 0.6) is 0 Å². The third kappa shape index (κ3) is 4.06. The van der Waals surface area contributed by atoms with E-state index in [9.17, 15) is 14.0 Å². The van der Waals surface area contributed by atoms with E-state index in [-0.39, 0.29) is 11.4 Å². The van der Waals surface area contributed by atoms with Gasteiger partial charge in [-0.05, 0) is 38.1 Å². The van der Waals surface area contributed by atoms with E-state index < -0.39 is 10.9 Å². The summed E-state index contributed by atoms with van der Waals surface area (Å²) in [6.07, 6.45) is 0. The standard InChI is InChI=1S/C22H29FN4O3/c1-22(2,27-11-13-30-14-12-27)15-24-18-19(21(29)20(18)28)26-9-7-25(8-10-26)17-5-3-16(23)4-6-17/h3-6,24H,7-15H2,1-2H3. The molecule has 8 heteroatoms. The van der Waals surface area contributed by atoms with Crippen molar-refractivity contribution in [3.8, 4) is 0 Å². The number of nitrogens with zero attached hydrogens (tertiary/aromatic N) is 3. The van der Waals surface area contributed by atoms with Gasteiger partial charge < -0.3 is 19.9 Å². The Morgan fingerprint density at radius 3 is 2.17 bits per heavy atom. The molecule has 0 radical (unpaired) electrons. The first-order chi connectivity index (χ1) is 14.4. The fraction of sp³-hybridized carbons (Fsp3) is 0.545. The van der Waals surface area contributed by atoms with Gasteiger partial charge >= 0.3 is 0 Å². The second-order valence-electron chi connectivity index (χ2n) is 8.60. The molecule has 1 N–H and O–H groups in total. The lowest BCUT2D eigenvalue weighted by Crippen LogP contribution is -2.55. The van der Waals surface area contributed by atoms with Crippen molar-refractivity contribution in [1.82, 2.24) is 4.90 Å². The van der Waals surface area contributed by atoms with Crippen LogP contribution < -0.4 is 26.0 Å². The molecule has 2 aromatic carbocycles. The number of nitrogens with one attached hydrogen (secondary N) is 1. The Morgan fingerprint density at radius 1 is 0.933 bits per heavy atom. The highest BCUT2D eigenvalue weighted by Crippen LogP contribution is 2.25. The van der Waals surface area contributed by atoms with Gasteiger partial charge in [-0.25, -0.2) is 4.39 Å². The molecule has 2 aliphatic rings. The van der Waals surface area contributed by atoms with Gasteiger partial charge in [0.2, 0.25) is 0 Å². The first kappa shape index (κ1) is 20.8. The quantitative estimate of drug-likeness (QED) is 0.712. The molecule has 0 bridgehead atoms. The van der Waals surface area contributed by atoms with Crippen LogP contribution >= 0.6 is 0 Å². The molecule has 0 unspecified atom stereocenters. The van der Waals surface area contributed by atoms with Crippen molar-refractivity contribution in [2.24, 2.45) is 0 Å². The maximum absolute atomic E-state index is 13.2. The minimum Gasteiger partial charge on any atom is -0.379 e. The molecular weight excluding hydrogens is 387 g/mol. The van der Waals surface area contributed by atoms with Crippen LogP contribution in [0, 0.1) is 5.82 Å². The number of ether oxygens (including phenoxy) is 1. The summed E-state index contributed by atoms with van der Waals surface area (Å²) >= 11 is 0. The van der Waals surface area contributed by atoms with Gasteiger partial charge in [0.15, 0.2) is 0 Å². The molecule has 4 rings (SSSR count). The average Bonchev–Trinajstić information content (AvgIpc) is 2.77. The molecule has 0 atom stereocenters. The number of morpholine rings is 1. The van der Waals surface area contributed by atoms with Crippen molar-refractivity contribution < 1.29 is 9.13 Å². The maximum Gasteiger partial charge on any atom is 0.253 e. The highest BCUT2D eigenvalue weighted by molar-refractivity contribution is 5.75. The van der Waals surface area contributed by atoms with Crippen molar-refractivity contribution in [3.05, 3.63) is 50.5 Å². The maximum atomic E-state index is 13.2. The zero-order valence-corrected chi connectivity index (χ0v) is 17.6. The van der Waals surface area contributed by atoms with Crippen LogP contribution in [0.15, 0.2) is 33.9 Å². The number of hydrogen-bond donors (Lipinski definition) is 1. The molecule has 162 valence electrons. The third-order valence-electron chi connectivity index (χ3n) is 6.24. The highest BCUT2D eigenvalue weighted by Gasteiger charge is 2.32. The van der Waals surface area contributed by atoms with Crippen LogP contribution in [-0.2, 0) is 4.74 Å². The Kier molecular flexibility index (Phi) is 5.79. The van der Waals surface area contributed by atoms with Crippen molar-refractivity contribution in [1.29, 1.82) is 0 Å². The van der Waals surface area contributed by atoms with Crippen LogP contribution in [0.3, 0.4) is 0 Å². The topological polar surface area (TPSA) is 65.1 Å². The number of rotatable bonds is 6. The normalized spacial score (nSPS) is 18.8. The molecule has 2 aromatic rings. The Labute approximate surface area is 175 Å². The van der Waals surface area contributed by atoms with Crippen LogP contribution in [0.25, 0.3) is 0 Å². The van der Waals surface area contributed by atoms with Crippen LogP contribution in [0.2, 0.25) is 0 Å². The van der Waals surface area contributed by atoms with Gasteiger partial charge in [-0.1, -0.05) is 0 Å². The number of anilines is 3. The summed E-state index contributed by atoms with van der Waals surface area (Å²) < 4.78 is 18.6. The van der Waals surface area contributed by atoms with E-state index in [1.807, 2.05) is 4.90 Å². The predicted molar refractivity (Wildman–Crippen MR) is 117 cm³/mol. The smallest absolute Gasteiger partial charge is 0.253 e. The number of benzene rings is 1. The third-order valence-corrected chi connectivity index (χ3v) is 6.24. The van der Waals surface area contributed by atoms with Crippen molar-refractivity contribution in [2.75, 3.05) is 74.1 Å². The molecule has 2 saturated heterocycles. The second-order valence-corrected chi connectivity index (χ2v) is 8.60. The van der Waals surface area contributed by atoms with Gasteiger partial charge in [0.1, 0.15) is 17.2 Å². The van der Waals surface area contributed by atoms with Gasteiger partial charge in [-0.2, -0.15) is 0 Å². The summed E-state index contributed by atoms with van der Waals surface area (Å²) in [4.78, 5) is 31.1. The van der Waals surface area contributed by atoms with Gasteiger partial charge in [0.25, 0.3) is 10.9 Å². The Balaban J connectivity index is 1.39. The van der Waals surface area contributed by atoms with Gasteiger partial charge in [-0.3, -0.25) is 14.5 Å². The van der Waals surface area contributed by atoms with Gasteiger partial charge in [0.05, 0.1) is 13.2 Å². The summed E-state index contributed by atoms with van der Waals surface area (Å²) in [6.45, 7) is 10.7. The number of piperazine rings is 1. The van der Waals surface area contributed by atoms with Gasteiger partial charge in [0, 0.05) is 57.0 Å². The minimum atomic E-state index is -0.427. The molecule has 2 heterocycles. The van der Waals surface area contributed by atoms with E-state index in [0.717, 1.165) is 18.8 Å². The minimum absolute atomic E-state index is 0.151. The summed E-state index contributed by atoms with van der Waals surface area (Å²) in [5.41, 5.74) is 0.933. The fourth-order valence-corrected chi connectivity index (χ4v) is 4.27. The van der Waals surface area contributed by atoms with E-state index in [1.54, 1.807) is 12.1 Å². The SMILES string of the molecule is CC(C)(CNc1c(N2CCN(c3ccc(F)cc3)CC2)c(=O)c1=O)N1CCOCC1. The van der Waals surface area contributed by atoms with Crippen molar-refractivity contribution in [3.63, 3.8) is 0 Å². The lowest BCUT2D eigenvalue weighted by Gasteiger charge is -2.42. The number of halogens is 1. The first-order valence-electron chi connectivity index (χ1n) is 10.5. The first-order valence-corrected chi connectivity index (χ1v) is 10.5. The summed E-state index contributed by atoms with van der Waals surface area (Å²) in [5.74, 6) is -0.253. The Bertz CT molecular complexity index is 938. The second kappa shape index (κ2) is 8.35.